The molecule has 2 atom stereocenters. The van der Waals surface area contributed by atoms with Crippen LogP contribution in [0.4, 0.5) is 0 Å². The number of aromatic nitrogens is 2. The Morgan fingerprint density at radius 2 is 2.06 bits per heavy atom. The van der Waals surface area contributed by atoms with Gasteiger partial charge < -0.3 is 14.7 Å². The van der Waals surface area contributed by atoms with Crippen LogP contribution in [-0.4, -0.2) is 71.0 Å². The maximum absolute atomic E-state index is 12.1. The number of nitrogens with zero attached hydrogens (tertiary/aromatic N) is 4. The van der Waals surface area contributed by atoms with Crippen LogP contribution in [0.5, 0.6) is 5.75 Å². The topological polar surface area (TPSA) is 78.8 Å². The summed E-state index contributed by atoms with van der Waals surface area (Å²) in [6.07, 6.45) is 3.88. The van der Waals surface area contributed by atoms with Crippen LogP contribution < -0.4 is 4.74 Å². The predicted octanol–water partition coefficient (Wildman–Crippen LogP) is 4.37. The molecule has 2 aliphatic rings. The third-order valence-electron chi connectivity index (χ3n) is 7.53. The van der Waals surface area contributed by atoms with Gasteiger partial charge in [0.15, 0.2) is 0 Å². The van der Waals surface area contributed by atoms with E-state index in [1.165, 1.54) is 11.3 Å². The first kappa shape index (κ1) is 25.4. The van der Waals surface area contributed by atoms with E-state index in [1.54, 1.807) is 37.6 Å². The van der Waals surface area contributed by atoms with E-state index >= 15 is 0 Å². The largest absolute Gasteiger partial charge is 0.494 e. The van der Waals surface area contributed by atoms with E-state index in [1.807, 2.05) is 13.0 Å². The van der Waals surface area contributed by atoms with Crippen molar-refractivity contribution < 1.29 is 14.6 Å². The summed E-state index contributed by atoms with van der Waals surface area (Å²) in [6, 6.07) is 5.26. The predicted molar refractivity (Wildman–Crippen MR) is 135 cm³/mol. The van der Waals surface area contributed by atoms with Crippen LogP contribution in [0.2, 0.25) is 5.02 Å². The number of halogens is 1. The lowest BCUT2D eigenvalue weighted by Crippen LogP contribution is -2.51. The Morgan fingerprint density at radius 1 is 1.35 bits per heavy atom. The van der Waals surface area contributed by atoms with Crippen molar-refractivity contribution in [3.63, 3.8) is 0 Å². The van der Waals surface area contributed by atoms with Gasteiger partial charge in [-0.1, -0.05) is 11.6 Å². The third-order valence-corrected chi connectivity index (χ3v) is 9.02. The Labute approximate surface area is 211 Å². The first-order valence-corrected chi connectivity index (χ1v) is 13.1. The van der Waals surface area contributed by atoms with E-state index < -0.39 is 11.6 Å². The second-order valence-corrected chi connectivity index (χ2v) is 12.1. The Morgan fingerprint density at radius 3 is 2.65 bits per heavy atom. The van der Waals surface area contributed by atoms with Gasteiger partial charge in [0, 0.05) is 27.2 Å². The summed E-state index contributed by atoms with van der Waals surface area (Å²) in [5, 5.41) is 21.7. The Bertz CT molecular complexity index is 1030. The number of hydrogen-bond acceptors (Lipinski definition) is 7. The van der Waals surface area contributed by atoms with Gasteiger partial charge in [0.25, 0.3) is 5.91 Å². The molecule has 1 aromatic heterocycles. The standard InChI is InChI=1S/C25H35ClN4O3S/c1-16-27-28-22(34-16)24(2,3)23(32)30-11-9-25(10-12-30)15-17(25)8-13-33-18-6-7-19(20(26)14-18)21(31)29(4)5/h6-7,14,17,23,32H,8-13,15H2,1-5H3/t17-,23?/m0/s1. The Hall–Kier alpha value is -1.74. The zero-order valence-corrected chi connectivity index (χ0v) is 22.2. The van der Waals surface area contributed by atoms with Crippen molar-refractivity contribution in [2.24, 2.45) is 11.3 Å². The van der Waals surface area contributed by atoms with Crippen LogP contribution in [0.15, 0.2) is 18.2 Å². The van der Waals surface area contributed by atoms with E-state index in [0.29, 0.717) is 34.3 Å². The molecule has 1 saturated heterocycles. The SMILES string of the molecule is Cc1nnc(C(C)(C)C(O)N2CCC3(CC2)C[C@@H]3CCOc2ccc(C(=O)N(C)C)c(Cl)c2)s1. The maximum Gasteiger partial charge on any atom is 0.254 e. The molecule has 1 spiro atoms. The van der Waals surface area contributed by atoms with Crippen LogP contribution in [0.1, 0.15) is 59.9 Å². The normalized spacial score (nSPS) is 20.9. The van der Waals surface area contributed by atoms with Gasteiger partial charge in [0.05, 0.1) is 22.6 Å². The minimum absolute atomic E-state index is 0.116. The number of ether oxygens (including phenoxy) is 1. The van der Waals surface area contributed by atoms with Crippen LogP contribution >= 0.6 is 22.9 Å². The highest BCUT2D eigenvalue weighted by molar-refractivity contribution is 7.11. The molecule has 1 amide bonds. The number of piperidine rings is 1. The summed E-state index contributed by atoms with van der Waals surface area (Å²) in [5.41, 5.74) is 0.433. The molecule has 1 saturated carbocycles. The first-order valence-electron chi connectivity index (χ1n) is 11.9. The van der Waals surface area contributed by atoms with Crippen LogP contribution in [-0.2, 0) is 5.41 Å². The summed E-state index contributed by atoms with van der Waals surface area (Å²) in [6.45, 7) is 8.48. The highest BCUT2D eigenvalue weighted by atomic mass is 35.5. The molecule has 7 nitrogen and oxygen atoms in total. The average Bonchev–Trinajstić information content (AvgIpc) is 3.24. The Balaban J connectivity index is 1.24. The molecular formula is C25H35ClN4O3S. The molecule has 2 fully saturated rings. The van der Waals surface area contributed by atoms with Gasteiger partial charge >= 0.3 is 0 Å². The lowest BCUT2D eigenvalue weighted by Gasteiger charge is -2.41. The molecule has 9 heteroatoms. The number of aryl methyl sites for hydroxylation is 1. The molecular weight excluding hydrogens is 472 g/mol. The third kappa shape index (κ3) is 5.10. The van der Waals surface area contributed by atoms with Gasteiger partial charge in [-0.15, -0.1) is 21.5 Å². The van der Waals surface area contributed by atoms with Crippen molar-refractivity contribution >= 4 is 28.8 Å². The highest BCUT2D eigenvalue weighted by Gasteiger charge is 2.55. The molecule has 2 heterocycles. The zero-order valence-electron chi connectivity index (χ0n) is 20.7. The average molecular weight is 507 g/mol. The Kier molecular flexibility index (Phi) is 7.25. The van der Waals surface area contributed by atoms with E-state index in [9.17, 15) is 9.90 Å². The van der Waals surface area contributed by atoms with Gasteiger partial charge in [-0.3, -0.25) is 9.69 Å². The summed E-state index contributed by atoms with van der Waals surface area (Å²) < 4.78 is 5.95. The molecule has 1 aromatic carbocycles. The van der Waals surface area contributed by atoms with Crippen molar-refractivity contribution in [1.29, 1.82) is 0 Å². The van der Waals surface area contributed by atoms with Crippen LogP contribution in [0.3, 0.4) is 0 Å². The fraction of sp³-hybridized carbons (Fsp3) is 0.640. The zero-order chi connectivity index (χ0) is 24.7. The summed E-state index contributed by atoms with van der Waals surface area (Å²) >= 11 is 7.85. The number of hydrogen-bond donors (Lipinski definition) is 1. The number of amides is 1. The number of carbonyl (C=O) groups excluding carboxylic acids is 1. The fourth-order valence-corrected chi connectivity index (χ4v) is 6.17. The summed E-state index contributed by atoms with van der Waals surface area (Å²) in [4.78, 5) is 15.8. The van der Waals surface area contributed by atoms with Gasteiger partial charge in [-0.2, -0.15) is 0 Å². The molecule has 1 unspecified atom stereocenters. The number of aliphatic hydroxyl groups excluding tert-OH is 1. The molecule has 1 aliphatic carbocycles. The van der Waals surface area contributed by atoms with Crippen molar-refractivity contribution in [2.75, 3.05) is 33.8 Å². The summed E-state index contributed by atoms with van der Waals surface area (Å²) in [5.74, 6) is 1.24. The second-order valence-electron chi connectivity index (χ2n) is 10.5. The number of carbonyl (C=O) groups is 1. The monoisotopic (exact) mass is 506 g/mol. The molecule has 4 rings (SSSR count). The molecule has 34 heavy (non-hydrogen) atoms. The molecule has 1 N–H and O–H groups in total. The van der Waals surface area contributed by atoms with E-state index in [2.05, 4.69) is 28.9 Å². The van der Waals surface area contributed by atoms with E-state index in [0.717, 1.165) is 42.4 Å². The van der Waals surface area contributed by atoms with Gasteiger partial charge in [0.2, 0.25) is 0 Å². The number of benzene rings is 1. The highest BCUT2D eigenvalue weighted by Crippen LogP contribution is 2.61. The number of likely N-dealkylation sites (tertiary alicyclic amines) is 1. The van der Waals surface area contributed by atoms with Gasteiger partial charge in [-0.05, 0) is 76.0 Å². The van der Waals surface area contributed by atoms with Crippen molar-refractivity contribution in [2.45, 2.75) is 58.1 Å². The maximum atomic E-state index is 12.1. The first-order chi connectivity index (χ1) is 16.0. The molecule has 0 bridgehead atoms. The smallest absolute Gasteiger partial charge is 0.254 e. The minimum Gasteiger partial charge on any atom is -0.494 e. The number of aliphatic hydroxyl groups is 1. The minimum atomic E-state index is -0.565. The van der Waals surface area contributed by atoms with E-state index in [-0.39, 0.29) is 5.91 Å². The lowest BCUT2D eigenvalue weighted by atomic mass is 9.86. The van der Waals surface area contributed by atoms with Crippen LogP contribution in [0.25, 0.3) is 0 Å². The van der Waals surface area contributed by atoms with Crippen molar-refractivity contribution in [1.82, 2.24) is 20.0 Å². The van der Waals surface area contributed by atoms with Gasteiger partial charge in [-0.25, -0.2) is 0 Å². The summed E-state index contributed by atoms with van der Waals surface area (Å²) in [7, 11) is 3.42. The lowest BCUT2D eigenvalue weighted by molar-refractivity contribution is -0.0645. The molecule has 2 aromatic rings. The van der Waals surface area contributed by atoms with Crippen LogP contribution in [0, 0.1) is 18.3 Å². The van der Waals surface area contributed by atoms with Gasteiger partial charge in [0.1, 0.15) is 22.0 Å². The molecule has 0 radical (unpaired) electrons. The quantitative estimate of drug-likeness (QED) is 0.572. The van der Waals surface area contributed by atoms with Crippen molar-refractivity contribution in [3.05, 3.63) is 38.8 Å². The molecule has 1 aliphatic heterocycles. The van der Waals surface area contributed by atoms with Crippen molar-refractivity contribution in [3.8, 4) is 5.75 Å². The fourth-order valence-electron chi connectivity index (χ4n) is 5.11. The van der Waals surface area contributed by atoms with E-state index in [4.69, 9.17) is 16.3 Å². The molecule has 186 valence electrons. The second kappa shape index (κ2) is 9.72. The number of rotatable bonds is 8.